The Morgan fingerprint density at radius 1 is 0.951 bits per heavy atom. The second-order valence-electron chi connectivity index (χ2n) is 9.90. The largest absolute Gasteiger partial charge is 0.331 e. The summed E-state index contributed by atoms with van der Waals surface area (Å²) < 4.78 is 13.5. The van der Waals surface area contributed by atoms with Crippen LogP contribution in [0.3, 0.4) is 0 Å². The van der Waals surface area contributed by atoms with Gasteiger partial charge in [-0.05, 0) is 71.4 Å². The van der Waals surface area contributed by atoms with E-state index in [4.69, 9.17) is 4.79 Å². The van der Waals surface area contributed by atoms with Crippen molar-refractivity contribution in [1.29, 1.82) is 0 Å². The topological polar surface area (TPSA) is 49.4 Å². The van der Waals surface area contributed by atoms with Gasteiger partial charge in [0.1, 0.15) is 12.6 Å². The van der Waals surface area contributed by atoms with Gasteiger partial charge in [-0.2, -0.15) is 0 Å². The summed E-state index contributed by atoms with van der Waals surface area (Å²) in [4.78, 5) is 24.6. The van der Waals surface area contributed by atoms with Crippen LogP contribution in [-0.4, -0.2) is 31.2 Å². The normalized spacial score (nSPS) is 14.6. The minimum atomic E-state index is -0.262. The average molecular weight is 567 g/mol. The van der Waals surface area contributed by atoms with Crippen molar-refractivity contribution < 1.29 is 14.0 Å². The predicted octanol–water partition coefficient (Wildman–Crippen LogP) is 7.68. The third kappa shape index (κ3) is 7.34. The van der Waals surface area contributed by atoms with Gasteiger partial charge < -0.3 is 15.0 Å². The SMILES string of the molecule is C=O.CNC(CC(=O)N1CCc2sccc2C1c1ccc(F)cc1)c1ccccc1.Cc1ccc2ccccc2c1. The maximum atomic E-state index is 13.5. The van der Waals surface area contributed by atoms with Gasteiger partial charge in [0.25, 0.3) is 0 Å². The molecule has 1 amide bonds. The van der Waals surface area contributed by atoms with Crippen LogP contribution in [0.25, 0.3) is 10.8 Å². The second kappa shape index (κ2) is 14.5. The van der Waals surface area contributed by atoms with Gasteiger partial charge in [-0.1, -0.05) is 90.5 Å². The molecule has 1 N–H and O–H groups in total. The number of hydrogen-bond acceptors (Lipinski definition) is 4. The molecule has 4 nitrogen and oxygen atoms in total. The third-order valence-corrected chi connectivity index (χ3v) is 8.30. The lowest BCUT2D eigenvalue weighted by atomic mass is 9.92. The molecule has 0 radical (unpaired) electrons. The molecule has 4 aromatic carbocycles. The molecule has 0 fully saturated rings. The molecule has 1 aliphatic rings. The first-order chi connectivity index (χ1) is 20.0. The van der Waals surface area contributed by atoms with Crippen LogP contribution in [0, 0.1) is 12.7 Å². The van der Waals surface area contributed by atoms with Gasteiger partial charge in [-0.25, -0.2) is 4.39 Å². The van der Waals surface area contributed by atoms with Crippen molar-refractivity contribution >= 4 is 34.8 Å². The highest BCUT2D eigenvalue weighted by Gasteiger charge is 2.33. The summed E-state index contributed by atoms with van der Waals surface area (Å²) in [6.45, 7) is 4.80. The number of amides is 1. The Bertz CT molecular complexity index is 1550. The molecule has 2 unspecified atom stereocenters. The van der Waals surface area contributed by atoms with Crippen LogP contribution >= 0.6 is 11.3 Å². The quantitative estimate of drug-likeness (QED) is 0.237. The minimum absolute atomic E-state index is 0.0357. The summed E-state index contributed by atoms with van der Waals surface area (Å²) in [5, 5.41) is 7.99. The summed E-state index contributed by atoms with van der Waals surface area (Å²) >= 11 is 1.73. The zero-order chi connectivity index (χ0) is 29.2. The number of nitrogens with zero attached hydrogens (tertiary/aromatic N) is 1. The van der Waals surface area contributed by atoms with Crippen molar-refractivity contribution in [3.63, 3.8) is 0 Å². The molecule has 0 saturated heterocycles. The molecule has 5 aromatic rings. The van der Waals surface area contributed by atoms with Crippen molar-refractivity contribution in [3.05, 3.63) is 141 Å². The van der Waals surface area contributed by atoms with E-state index in [1.165, 1.54) is 33.3 Å². The molecule has 0 saturated carbocycles. The Balaban J connectivity index is 0.000000247. The Kier molecular flexibility index (Phi) is 10.5. The van der Waals surface area contributed by atoms with Crippen LogP contribution < -0.4 is 5.32 Å². The van der Waals surface area contributed by atoms with Crippen LogP contribution in [0.2, 0.25) is 0 Å². The number of carbonyl (C=O) groups excluding carboxylic acids is 2. The van der Waals surface area contributed by atoms with Crippen molar-refractivity contribution in [1.82, 2.24) is 10.2 Å². The number of halogens is 1. The van der Waals surface area contributed by atoms with Gasteiger partial charge in [0.15, 0.2) is 0 Å². The van der Waals surface area contributed by atoms with Gasteiger partial charge in [0, 0.05) is 23.9 Å². The van der Waals surface area contributed by atoms with Crippen molar-refractivity contribution in [2.75, 3.05) is 13.6 Å². The van der Waals surface area contributed by atoms with Gasteiger partial charge >= 0.3 is 0 Å². The number of fused-ring (bicyclic) bond motifs is 2. The van der Waals surface area contributed by atoms with E-state index < -0.39 is 0 Å². The molecule has 41 heavy (non-hydrogen) atoms. The van der Waals surface area contributed by atoms with E-state index in [1.807, 2.05) is 49.1 Å². The van der Waals surface area contributed by atoms with E-state index in [-0.39, 0.29) is 23.8 Å². The van der Waals surface area contributed by atoms with Crippen molar-refractivity contribution in [3.8, 4) is 0 Å². The zero-order valence-corrected chi connectivity index (χ0v) is 24.2. The number of aryl methyl sites for hydroxylation is 1. The van der Waals surface area contributed by atoms with Gasteiger partial charge in [-0.3, -0.25) is 4.79 Å². The van der Waals surface area contributed by atoms with E-state index in [2.05, 4.69) is 66.2 Å². The minimum Gasteiger partial charge on any atom is -0.331 e. The molecule has 1 aliphatic heterocycles. The lowest BCUT2D eigenvalue weighted by Gasteiger charge is -2.37. The number of rotatable bonds is 5. The van der Waals surface area contributed by atoms with Crippen molar-refractivity contribution in [2.45, 2.75) is 31.8 Å². The standard InChI is InChI=1S/C23H23FN2OS.C11H10.CH2O/c1-25-20(16-5-3-2-4-6-16)15-22(27)26-13-11-21-19(12-14-28-21)23(26)17-7-9-18(24)10-8-17;1-9-6-7-10-4-2-3-5-11(10)8-9;1-2/h2-10,12,14,20,23,25H,11,13,15H2,1H3;2-8H,1H3;1H2. The van der Waals surface area contributed by atoms with Crippen LogP contribution in [0.15, 0.2) is 109 Å². The monoisotopic (exact) mass is 566 g/mol. The Labute approximate surface area is 245 Å². The lowest BCUT2D eigenvalue weighted by molar-refractivity contribution is -0.133. The molecule has 1 aromatic heterocycles. The molecule has 2 atom stereocenters. The highest BCUT2D eigenvalue weighted by atomic mass is 32.1. The smallest absolute Gasteiger partial charge is 0.225 e. The Morgan fingerprint density at radius 2 is 1.63 bits per heavy atom. The molecule has 0 aliphatic carbocycles. The summed E-state index contributed by atoms with van der Waals surface area (Å²) in [5.41, 5.74) is 4.54. The molecular formula is C35H35FN2O2S. The van der Waals surface area contributed by atoms with Gasteiger partial charge in [0.2, 0.25) is 5.91 Å². The van der Waals surface area contributed by atoms with Crippen molar-refractivity contribution in [2.24, 2.45) is 0 Å². The lowest BCUT2D eigenvalue weighted by Crippen LogP contribution is -2.41. The molecule has 0 bridgehead atoms. The maximum Gasteiger partial charge on any atom is 0.225 e. The summed E-state index contributed by atoms with van der Waals surface area (Å²) in [6, 6.07) is 33.4. The van der Waals surface area contributed by atoms with E-state index in [1.54, 1.807) is 23.5 Å². The van der Waals surface area contributed by atoms with Crippen LogP contribution in [0.5, 0.6) is 0 Å². The molecule has 6 heteroatoms. The fourth-order valence-electron chi connectivity index (χ4n) is 5.26. The first kappa shape index (κ1) is 29.8. The summed E-state index contributed by atoms with van der Waals surface area (Å²) in [5.74, 6) is -0.156. The first-order valence-electron chi connectivity index (χ1n) is 13.6. The molecule has 6 rings (SSSR count). The molecule has 0 spiro atoms. The fraction of sp³-hybridized carbons (Fsp3) is 0.200. The highest BCUT2D eigenvalue weighted by molar-refractivity contribution is 7.10. The zero-order valence-electron chi connectivity index (χ0n) is 23.4. The third-order valence-electron chi connectivity index (χ3n) is 7.31. The fourth-order valence-corrected chi connectivity index (χ4v) is 6.17. The van der Waals surface area contributed by atoms with Crippen LogP contribution in [-0.2, 0) is 16.0 Å². The molecule has 2 heterocycles. The van der Waals surface area contributed by atoms with Gasteiger partial charge in [0.05, 0.1) is 6.04 Å². The van der Waals surface area contributed by atoms with Crippen LogP contribution in [0.4, 0.5) is 4.39 Å². The number of carbonyl (C=O) groups is 2. The van der Waals surface area contributed by atoms with E-state index >= 15 is 0 Å². The average Bonchev–Trinajstić information content (AvgIpc) is 3.51. The van der Waals surface area contributed by atoms with E-state index in [9.17, 15) is 9.18 Å². The Morgan fingerprint density at radius 3 is 2.34 bits per heavy atom. The van der Waals surface area contributed by atoms with Crippen LogP contribution in [0.1, 0.15) is 45.6 Å². The Hall–Kier alpha value is -4.13. The molecule has 210 valence electrons. The number of hydrogen-bond donors (Lipinski definition) is 1. The summed E-state index contributed by atoms with van der Waals surface area (Å²) in [7, 11) is 1.88. The highest BCUT2D eigenvalue weighted by Crippen LogP contribution is 2.38. The number of benzene rings is 4. The molecular weight excluding hydrogens is 531 g/mol. The second-order valence-corrected chi connectivity index (χ2v) is 10.9. The van der Waals surface area contributed by atoms with Gasteiger partial charge in [-0.15, -0.1) is 11.3 Å². The van der Waals surface area contributed by atoms with E-state index in [0.29, 0.717) is 13.0 Å². The summed E-state index contributed by atoms with van der Waals surface area (Å²) in [6.07, 6.45) is 1.25. The number of nitrogens with one attached hydrogen (secondary N) is 1. The first-order valence-corrected chi connectivity index (χ1v) is 14.5. The number of thiophene rings is 1. The predicted molar refractivity (Wildman–Crippen MR) is 167 cm³/mol. The van der Waals surface area contributed by atoms with E-state index in [0.717, 1.165) is 23.1 Å². The maximum absolute atomic E-state index is 13.5.